The number of para-hydroxylation sites is 1. The van der Waals surface area contributed by atoms with E-state index in [2.05, 4.69) is 10.6 Å². The molecule has 1 aliphatic rings. The summed E-state index contributed by atoms with van der Waals surface area (Å²) in [4.78, 5) is 43.2. The van der Waals surface area contributed by atoms with E-state index < -0.39 is 5.91 Å². The number of benzene rings is 3. The van der Waals surface area contributed by atoms with E-state index in [1.165, 1.54) is 23.8 Å². The van der Waals surface area contributed by atoms with Gasteiger partial charge in [-0.15, -0.1) is 0 Å². The van der Waals surface area contributed by atoms with Crippen LogP contribution in [0.1, 0.15) is 52.9 Å². The lowest BCUT2D eigenvalue weighted by Gasteiger charge is -2.21. The largest absolute Gasteiger partial charge is 0.490 e. The van der Waals surface area contributed by atoms with Crippen LogP contribution in [-0.4, -0.2) is 49.4 Å². The maximum atomic E-state index is 13.0. The molecule has 47 heavy (non-hydrogen) atoms. The minimum absolute atomic E-state index is 0.0344. The Morgan fingerprint density at radius 1 is 1.02 bits per heavy atom. The number of hydrogen-bond acceptors (Lipinski definition) is 6. The standard InChI is InChI=1S/C36H36Cl2N4O5/c1-22-19-31(47-25-7-4-5-8-25)26-9-6-10-30(35(26)41-22)46-21-27-28(37)16-17-29(34(27)38)42(3)33(44)20-40-32(43)18-13-23-11-14-24(15-12-23)36(45)39-2/h6,9-19,25H,4-5,7-8,20-21H2,1-3H3,(H,39,45)(H,40,43)/b18-13+. The van der Waals surface area contributed by atoms with Crippen LogP contribution in [0.15, 0.2) is 66.7 Å². The number of nitrogens with one attached hydrogen (secondary N) is 2. The number of amides is 3. The first-order chi connectivity index (χ1) is 22.6. The van der Waals surface area contributed by atoms with Gasteiger partial charge in [-0.3, -0.25) is 14.4 Å². The van der Waals surface area contributed by atoms with Crippen molar-refractivity contribution in [1.29, 1.82) is 0 Å². The molecule has 11 heteroatoms. The molecular formula is C36H36Cl2N4O5. The number of aryl methyl sites for hydroxylation is 1. The highest BCUT2D eigenvalue weighted by molar-refractivity contribution is 6.38. The Hall–Kier alpha value is -4.60. The van der Waals surface area contributed by atoms with Crippen LogP contribution in [0, 0.1) is 6.92 Å². The molecule has 0 spiro atoms. The molecule has 1 aliphatic carbocycles. The van der Waals surface area contributed by atoms with E-state index in [4.69, 9.17) is 37.7 Å². The van der Waals surface area contributed by atoms with Gasteiger partial charge in [0.05, 0.1) is 23.4 Å². The highest BCUT2D eigenvalue weighted by atomic mass is 35.5. The molecule has 0 aliphatic heterocycles. The Kier molecular flexibility index (Phi) is 11.0. The van der Waals surface area contributed by atoms with Gasteiger partial charge in [-0.1, -0.05) is 41.4 Å². The van der Waals surface area contributed by atoms with Crippen molar-refractivity contribution in [3.8, 4) is 11.5 Å². The lowest BCUT2D eigenvalue weighted by Crippen LogP contribution is -2.37. The molecule has 1 aromatic heterocycles. The zero-order valence-electron chi connectivity index (χ0n) is 26.4. The molecule has 1 heterocycles. The Morgan fingerprint density at radius 3 is 2.49 bits per heavy atom. The predicted molar refractivity (Wildman–Crippen MR) is 185 cm³/mol. The summed E-state index contributed by atoms with van der Waals surface area (Å²) in [5, 5.41) is 6.66. The van der Waals surface area contributed by atoms with Crippen molar-refractivity contribution < 1.29 is 23.9 Å². The summed E-state index contributed by atoms with van der Waals surface area (Å²) in [6, 6.07) is 17.7. The molecule has 0 radical (unpaired) electrons. The highest BCUT2D eigenvalue weighted by Gasteiger charge is 2.21. The second-order valence-corrected chi connectivity index (χ2v) is 12.1. The topological polar surface area (TPSA) is 110 Å². The Bertz CT molecular complexity index is 1820. The number of aromatic nitrogens is 1. The fourth-order valence-electron chi connectivity index (χ4n) is 5.38. The lowest BCUT2D eigenvalue weighted by atomic mass is 10.1. The number of nitrogens with zero attached hydrogens (tertiary/aromatic N) is 2. The normalized spacial score (nSPS) is 13.1. The molecule has 0 atom stereocenters. The van der Waals surface area contributed by atoms with Crippen LogP contribution in [-0.2, 0) is 16.2 Å². The Labute approximate surface area is 283 Å². The van der Waals surface area contributed by atoms with Gasteiger partial charge in [-0.05, 0) is 80.6 Å². The number of carbonyl (C=O) groups excluding carboxylic acids is 3. The van der Waals surface area contributed by atoms with Crippen molar-refractivity contribution in [2.24, 2.45) is 0 Å². The number of hydrogen-bond donors (Lipinski definition) is 2. The third kappa shape index (κ3) is 8.22. The molecule has 3 amide bonds. The van der Waals surface area contributed by atoms with Gasteiger partial charge in [0.1, 0.15) is 23.6 Å². The van der Waals surface area contributed by atoms with Gasteiger partial charge in [-0.2, -0.15) is 0 Å². The Morgan fingerprint density at radius 2 is 1.77 bits per heavy atom. The van der Waals surface area contributed by atoms with Crippen LogP contribution in [0.25, 0.3) is 17.0 Å². The summed E-state index contributed by atoms with van der Waals surface area (Å²) in [7, 11) is 3.13. The molecule has 3 aromatic carbocycles. The van der Waals surface area contributed by atoms with Gasteiger partial charge in [0.25, 0.3) is 5.91 Å². The van der Waals surface area contributed by atoms with Crippen LogP contribution in [0.5, 0.6) is 11.5 Å². The summed E-state index contributed by atoms with van der Waals surface area (Å²) < 4.78 is 12.6. The van der Waals surface area contributed by atoms with E-state index in [0.717, 1.165) is 35.2 Å². The zero-order valence-corrected chi connectivity index (χ0v) is 28.0. The van der Waals surface area contributed by atoms with Crippen molar-refractivity contribution in [2.75, 3.05) is 25.5 Å². The van der Waals surface area contributed by atoms with Crippen molar-refractivity contribution in [2.45, 2.75) is 45.3 Å². The van der Waals surface area contributed by atoms with Crippen LogP contribution in [0.4, 0.5) is 5.69 Å². The fourth-order valence-corrected chi connectivity index (χ4v) is 5.98. The van der Waals surface area contributed by atoms with Gasteiger partial charge >= 0.3 is 0 Å². The predicted octanol–water partition coefficient (Wildman–Crippen LogP) is 6.90. The third-order valence-corrected chi connectivity index (χ3v) is 8.78. The van der Waals surface area contributed by atoms with Crippen LogP contribution >= 0.6 is 23.2 Å². The summed E-state index contributed by atoms with van der Waals surface area (Å²) in [6.45, 7) is 1.70. The first kappa shape index (κ1) is 33.8. The zero-order chi connectivity index (χ0) is 33.5. The number of carbonyl (C=O) groups is 3. The van der Waals surface area contributed by atoms with E-state index in [1.54, 1.807) is 56.6 Å². The number of fused-ring (bicyclic) bond motifs is 1. The number of ether oxygens (including phenoxy) is 2. The van der Waals surface area contributed by atoms with Crippen molar-refractivity contribution in [3.05, 3.63) is 99.2 Å². The molecule has 4 aromatic rings. The van der Waals surface area contributed by atoms with Crippen LogP contribution in [0.2, 0.25) is 10.0 Å². The van der Waals surface area contributed by atoms with Crippen molar-refractivity contribution >= 4 is 63.6 Å². The van der Waals surface area contributed by atoms with Crippen LogP contribution < -0.4 is 25.0 Å². The number of pyridine rings is 1. The smallest absolute Gasteiger partial charge is 0.251 e. The van der Waals surface area contributed by atoms with E-state index in [-0.39, 0.29) is 36.1 Å². The summed E-state index contributed by atoms with van der Waals surface area (Å²) in [5.74, 6) is 0.317. The number of likely N-dealkylation sites (N-methyl/N-ethyl adjacent to an activating group) is 1. The maximum absolute atomic E-state index is 13.0. The molecule has 9 nitrogen and oxygen atoms in total. The summed E-state index contributed by atoms with van der Waals surface area (Å²) in [5.41, 5.74) is 3.66. The lowest BCUT2D eigenvalue weighted by molar-refractivity contribution is -0.122. The molecule has 0 bridgehead atoms. The van der Waals surface area contributed by atoms with Crippen molar-refractivity contribution in [3.63, 3.8) is 0 Å². The molecular weight excluding hydrogens is 639 g/mol. The van der Waals surface area contributed by atoms with E-state index in [0.29, 0.717) is 33.1 Å². The van der Waals surface area contributed by atoms with E-state index >= 15 is 0 Å². The molecule has 1 saturated carbocycles. The molecule has 1 fully saturated rings. The highest BCUT2D eigenvalue weighted by Crippen LogP contribution is 2.37. The molecule has 244 valence electrons. The average molecular weight is 676 g/mol. The molecule has 5 rings (SSSR count). The number of anilines is 1. The fraction of sp³-hybridized carbons (Fsp3) is 0.278. The Balaban J connectivity index is 1.23. The van der Waals surface area contributed by atoms with E-state index in [9.17, 15) is 14.4 Å². The van der Waals surface area contributed by atoms with Crippen molar-refractivity contribution in [1.82, 2.24) is 15.6 Å². The first-order valence-electron chi connectivity index (χ1n) is 15.4. The number of halogens is 2. The second kappa shape index (κ2) is 15.3. The molecule has 0 saturated heterocycles. The van der Waals surface area contributed by atoms with Gasteiger partial charge in [0.2, 0.25) is 11.8 Å². The maximum Gasteiger partial charge on any atom is 0.251 e. The molecule has 2 N–H and O–H groups in total. The first-order valence-corrected chi connectivity index (χ1v) is 16.1. The minimum atomic E-state index is -0.450. The SMILES string of the molecule is CNC(=O)c1ccc(/C=C/C(=O)NCC(=O)N(C)c2ccc(Cl)c(COc3cccc4c(OC5CCCC5)cc(C)nc34)c2Cl)cc1. The monoisotopic (exact) mass is 674 g/mol. The molecule has 0 unspecified atom stereocenters. The van der Waals surface area contributed by atoms with Gasteiger partial charge < -0.3 is 25.0 Å². The minimum Gasteiger partial charge on any atom is -0.490 e. The van der Waals surface area contributed by atoms with Gasteiger partial charge in [-0.25, -0.2) is 4.98 Å². The summed E-state index contributed by atoms with van der Waals surface area (Å²) in [6.07, 6.45) is 7.56. The summed E-state index contributed by atoms with van der Waals surface area (Å²) >= 11 is 13.3. The van der Waals surface area contributed by atoms with E-state index in [1.807, 2.05) is 31.2 Å². The second-order valence-electron chi connectivity index (χ2n) is 11.3. The quantitative estimate of drug-likeness (QED) is 0.168. The average Bonchev–Trinajstić information content (AvgIpc) is 3.59. The van der Waals surface area contributed by atoms with Gasteiger partial charge in [0.15, 0.2) is 0 Å². The third-order valence-electron chi connectivity index (χ3n) is 8.00. The van der Waals surface area contributed by atoms with Gasteiger partial charge in [0, 0.05) is 53.5 Å². The number of rotatable bonds is 11. The van der Waals surface area contributed by atoms with Crippen LogP contribution in [0.3, 0.4) is 0 Å².